The molecule has 5 nitrogen and oxygen atoms in total. The molecule has 0 amide bonds. The summed E-state index contributed by atoms with van der Waals surface area (Å²) in [6.45, 7) is 6.84. The molecule has 0 saturated carbocycles. The molecule has 1 aliphatic carbocycles. The van der Waals surface area contributed by atoms with Crippen LogP contribution < -0.4 is 9.47 Å². The van der Waals surface area contributed by atoms with E-state index in [2.05, 4.69) is 37.9 Å². The van der Waals surface area contributed by atoms with Crippen LogP contribution in [0, 0.1) is 11.2 Å². The van der Waals surface area contributed by atoms with Crippen molar-refractivity contribution in [3.63, 3.8) is 0 Å². The second-order valence-corrected chi connectivity index (χ2v) is 10.6. The van der Waals surface area contributed by atoms with Crippen molar-refractivity contribution in [1.82, 2.24) is 4.98 Å². The highest BCUT2D eigenvalue weighted by atomic mass is 19.1. The lowest BCUT2D eigenvalue weighted by Gasteiger charge is -2.25. The fraction of sp³-hybridized carbons (Fsp3) is 0.375. The maximum absolute atomic E-state index is 15.0. The summed E-state index contributed by atoms with van der Waals surface area (Å²) in [6, 6.07) is 15.4. The highest BCUT2D eigenvalue weighted by molar-refractivity contribution is 5.85. The Morgan fingerprint density at radius 2 is 1.95 bits per heavy atom. The van der Waals surface area contributed by atoms with Crippen LogP contribution in [0.2, 0.25) is 0 Å². The minimum atomic E-state index is -0.796. The molecule has 0 fully saturated rings. The first kappa shape index (κ1) is 27.4. The number of nitrogens with zero attached hydrogens (tertiary/aromatic N) is 1. The van der Waals surface area contributed by atoms with Gasteiger partial charge in [0.05, 0.1) is 19.7 Å². The third-order valence-electron chi connectivity index (χ3n) is 7.34. The molecule has 1 N–H and O–H groups in total. The topological polar surface area (TPSA) is 68.7 Å². The Labute approximate surface area is 224 Å². The highest BCUT2D eigenvalue weighted by Crippen LogP contribution is 2.47. The molecule has 0 saturated heterocycles. The SMILES string of the molecule is CCC[C@@H](CC(=O)O)c1cccc(OCc2ccc(-c3cc(OC)ncc3F)c(C3=CCCC3(C)C)c2)c1. The summed E-state index contributed by atoms with van der Waals surface area (Å²) in [5.74, 6) is -0.175. The molecule has 6 heteroatoms. The van der Waals surface area contributed by atoms with Crippen molar-refractivity contribution in [2.24, 2.45) is 5.41 Å². The van der Waals surface area contributed by atoms with Crippen LogP contribution in [0.15, 0.2) is 60.8 Å². The number of pyridine rings is 1. The predicted molar refractivity (Wildman–Crippen MR) is 148 cm³/mol. The van der Waals surface area contributed by atoms with E-state index in [1.165, 1.54) is 18.9 Å². The lowest BCUT2D eigenvalue weighted by molar-refractivity contribution is -0.137. The van der Waals surface area contributed by atoms with Crippen LogP contribution in [0.3, 0.4) is 0 Å². The Kier molecular flexibility index (Phi) is 8.50. The fourth-order valence-electron chi connectivity index (χ4n) is 5.31. The number of hydrogen-bond acceptors (Lipinski definition) is 4. The largest absolute Gasteiger partial charge is 0.489 e. The number of carbonyl (C=O) groups is 1. The first-order valence-electron chi connectivity index (χ1n) is 13.2. The van der Waals surface area contributed by atoms with Gasteiger partial charge in [-0.2, -0.15) is 0 Å². The summed E-state index contributed by atoms with van der Waals surface area (Å²) in [7, 11) is 1.52. The molecule has 0 aliphatic heterocycles. The third kappa shape index (κ3) is 6.24. The van der Waals surface area contributed by atoms with Gasteiger partial charge < -0.3 is 14.6 Å². The minimum Gasteiger partial charge on any atom is -0.489 e. The summed E-state index contributed by atoms with van der Waals surface area (Å²) in [5, 5.41) is 9.33. The van der Waals surface area contributed by atoms with E-state index < -0.39 is 11.8 Å². The van der Waals surface area contributed by atoms with Gasteiger partial charge in [0.2, 0.25) is 5.88 Å². The Morgan fingerprint density at radius 1 is 1.13 bits per heavy atom. The van der Waals surface area contributed by atoms with E-state index in [9.17, 15) is 14.3 Å². The van der Waals surface area contributed by atoms with E-state index >= 15 is 0 Å². The van der Waals surface area contributed by atoms with Crippen molar-refractivity contribution >= 4 is 11.5 Å². The van der Waals surface area contributed by atoms with E-state index in [-0.39, 0.29) is 17.8 Å². The van der Waals surface area contributed by atoms with Crippen LogP contribution in [-0.4, -0.2) is 23.2 Å². The van der Waals surface area contributed by atoms with Crippen LogP contribution in [0.1, 0.15) is 75.5 Å². The molecular formula is C32H36FNO4. The summed E-state index contributed by atoms with van der Waals surface area (Å²) in [6.07, 6.45) is 7.28. The second kappa shape index (κ2) is 11.8. The van der Waals surface area contributed by atoms with Gasteiger partial charge in [0.15, 0.2) is 0 Å². The second-order valence-electron chi connectivity index (χ2n) is 10.6. The molecule has 0 spiro atoms. The maximum Gasteiger partial charge on any atom is 0.303 e. The number of methoxy groups -OCH3 is 1. The predicted octanol–water partition coefficient (Wildman–Crippen LogP) is 8.04. The number of allylic oxidation sites excluding steroid dienone is 2. The van der Waals surface area contributed by atoms with Gasteiger partial charge in [-0.15, -0.1) is 0 Å². The van der Waals surface area contributed by atoms with Gasteiger partial charge in [-0.05, 0) is 76.6 Å². The summed E-state index contributed by atoms with van der Waals surface area (Å²) >= 11 is 0. The number of carboxylic acid groups (broad SMARTS) is 1. The molecule has 1 heterocycles. The van der Waals surface area contributed by atoms with Gasteiger partial charge in [-0.25, -0.2) is 9.37 Å². The zero-order valence-corrected chi connectivity index (χ0v) is 22.6. The van der Waals surface area contributed by atoms with E-state index in [1.54, 1.807) is 6.07 Å². The third-order valence-corrected chi connectivity index (χ3v) is 7.34. The van der Waals surface area contributed by atoms with Crippen LogP contribution in [-0.2, 0) is 11.4 Å². The average Bonchev–Trinajstić information content (AvgIpc) is 3.26. The average molecular weight is 518 g/mol. The normalized spacial score (nSPS) is 15.1. The number of ether oxygens (including phenoxy) is 2. The molecule has 0 bridgehead atoms. The molecule has 4 rings (SSSR count). The molecular weight excluding hydrogens is 481 g/mol. The molecule has 0 radical (unpaired) electrons. The van der Waals surface area contributed by atoms with E-state index in [0.717, 1.165) is 47.9 Å². The van der Waals surface area contributed by atoms with Crippen molar-refractivity contribution in [2.45, 2.75) is 65.4 Å². The molecule has 2 aromatic carbocycles. The number of hydrogen-bond donors (Lipinski definition) is 1. The fourth-order valence-corrected chi connectivity index (χ4v) is 5.31. The Hall–Kier alpha value is -3.67. The van der Waals surface area contributed by atoms with Crippen molar-refractivity contribution in [1.29, 1.82) is 0 Å². The maximum atomic E-state index is 15.0. The molecule has 1 aromatic heterocycles. The number of benzene rings is 2. The molecule has 1 aliphatic rings. The molecule has 0 unspecified atom stereocenters. The van der Waals surface area contributed by atoms with Crippen LogP contribution in [0.4, 0.5) is 4.39 Å². The van der Waals surface area contributed by atoms with Crippen LogP contribution in [0.5, 0.6) is 11.6 Å². The minimum absolute atomic E-state index is 0.0331. The lowest BCUT2D eigenvalue weighted by atomic mass is 9.79. The zero-order valence-electron chi connectivity index (χ0n) is 22.6. The van der Waals surface area contributed by atoms with E-state index in [0.29, 0.717) is 23.8 Å². The Morgan fingerprint density at radius 3 is 2.63 bits per heavy atom. The lowest BCUT2D eigenvalue weighted by Crippen LogP contribution is -2.10. The Bertz CT molecular complexity index is 1330. The number of aliphatic carboxylic acids is 1. The molecule has 200 valence electrons. The van der Waals surface area contributed by atoms with Crippen LogP contribution >= 0.6 is 0 Å². The first-order valence-corrected chi connectivity index (χ1v) is 13.2. The highest BCUT2D eigenvalue weighted by Gasteiger charge is 2.30. The number of halogens is 1. The monoisotopic (exact) mass is 517 g/mol. The van der Waals surface area contributed by atoms with Gasteiger partial charge in [0.25, 0.3) is 0 Å². The smallest absolute Gasteiger partial charge is 0.303 e. The van der Waals surface area contributed by atoms with Crippen molar-refractivity contribution in [3.8, 4) is 22.8 Å². The van der Waals surface area contributed by atoms with Gasteiger partial charge in [0.1, 0.15) is 18.2 Å². The van der Waals surface area contributed by atoms with Gasteiger partial charge >= 0.3 is 5.97 Å². The summed E-state index contributed by atoms with van der Waals surface area (Å²) in [5.41, 5.74) is 5.34. The van der Waals surface area contributed by atoms with Crippen molar-refractivity contribution in [3.05, 3.63) is 83.3 Å². The number of aromatic nitrogens is 1. The van der Waals surface area contributed by atoms with Gasteiger partial charge in [-0.1, -0.05) is 57.5 Å². The van der Waals surface area contributed by atoms with Crippen LogP contribution in [0.25, 0.3) is 16.7 Å². The van der Waals surface area contributed by atoms with Crippen molar-refractivity contribution < 1.29 is 23.8 Å². The van der Waals surface area contributed by atoms with Gasteiger partial charge in [-0.3, -0.25) is 4.79 Å². The zero-order chi connectivity index (χ0) is 27.3. The Balaban J connectivity index is 1.65. The van der Waals surface area contributed by atoms with E-state index in [1.807, 2.05) is 36.4 Å². The van der Waals surface area contributed by atoms with Crippen molar-refractivity contribution in [2.75, 3.05) is 7.11 Å². The first-order chi connectivity index (χ1) is 18.2. The number of carboxylic acids is 1. The molecule has 38 heavy (non-hydrogen) atoms. The quantitative estimate of drug-likeness (QED) is 0.279. The standard InChI is InChI=1S/C32H36FNO4/c1-5-8-22(17-31(35)36)23-9-6-10-24(16-23)38-20-21-12-13-25(27-18-30(37-4)34-19-29(27)33)26(15-21)28-11-7-14-32(28,2)3/h6,9-13,15-16,18-19,22H,5,7-8,14,17,20H2,1-4H3,(H,35,36)/t22-/m0/s1. The molecule has 1 atom stereocenters. The number of rotatable bonds is 11. The summed E-state index contributed by atoms with van der Waals surface area (Å²) < 4.78 is 26.4. The van der Waals surface area contributed by atoms with E-state index in [4.69, 9.17) is 9.47 Å². The van der Waals surface area contributed by atoms with Gasteiger partial charge in [0, 0.05) is 11.6 Å². The molecule has 3 aromatic rings. The summed E-state index contributed by atoms with van der Waals surface area (Å²) in [4.78, 5) is 15.4.